The number of rotatable bonds is 3. The van der Waals surface area contributed by atoms with Crippen LogP contribution in [0.25, 0.3) is 44.4 Å². The monoisotopic (exact) mass is 371 g/mol. The summed E-state index contributed by atoms with van der Waals surface area (Å²) in [4.78, 5) is 4.98. The first-order valence-electron chi connectivity index (χ1n) is 9.74. The molecule has 0 spiro atoms. The molecule has 1 aromatic heterocycles. The van der Waals surface area contributed by atoms with Crippen molar-refractivity contribution in [1.29, 1.82) is 0 Å². The van der Waals surface area contributed by atoms with E-state index in [1.54, 1.807) is 0 Å². The van der Waals surface area contributed by atoms with Crippen molar-refractivity contribution < 1.29 is 4.74 Å². The minimum Gasteiger partial charge on any atom is -0.457 e. The van der Waals surface area contributed by atoms with E-state index in [4.69, 9.17) is 9.72 Å². The van der Waals surface area contributed by atoms with Gasteiger partial charge in [-0.05, 0) is 58.7 Å². The molecule has 2 heteroatoms. The van der Waals surface area contributed by atoms with Crippen molar-refractivity contribution in [3.05, 3.63) is 103 Å². The van der Waals surface area contributed by atoms with Crippen LogP contribution in [0.15, 0.2) is 103 Å². The number of benzene rings is 4. The third-order valence-electron chi connectivity index (χ3n) is 5.45. The summed E-state index contributed by atoms with van der Waals surface area (Å²) in [6, 6.07) is 35.2. The van der Waals surface area contributed by atoms with Crippen LogP contribution < -0.4 is 4.74 Å². The minimum absolute atomic E-state index is 0.807. The van der Waals surface area contributed by atoms with Gasteiger partial charge in [0, 0.05) is 10.9 Å². The van der Waals surface area contributed by atoms with Gasteiger partial charge in [-0.2, -0.15) is 0 Å². The van der Waals surface area contributed by atoms with E-state index in [2.05, 4.69) is 60.7 Å². The SMILES string of the molecule is c1ccc(Oc2cccc(-c3cc4c5c(cccc5n3)-c3ccccc3-4)c2)cc1. The molecule has 1 aliphatic carbocycles. The topological polar surface area (TPSA) is 22.1 Å². The quantitative estimate of drug-likeness (QED) is 0.325. The Morgan fingerprint density at radius 2 is 1.21 bits per heavy atom. The van der Waals surface area contributed by atoms with Crippen LogP contribution in [-0.4, -0.2) is 4.98 Å². The predicted molar refractivity (Wildman–Crippen MR) is 118 cm³/mol. The fraction of sp³-hybridized carbons (Fsp3) is 0. The van der Waals surface area contributed by atoms with Crippen molar-refractivity contribution in [3.8, 4) is 45.0 Å². The summed E-state index contributed by atoms with van der Waals surface area (Å²) < 4.78 is 6.02. The number of hydrogen-bond donors (Lipinski definition) is 0. The maximum atomic E-state index is 6.02. The molecule has 0 aliphatic heterocycles. The summed E-state index contributed by atoms with van der Waals surface area (Å²) in [6.45, 7) is 0. The van der Waals surface area contributed by atoms with Crippen molar-refractivity contribution in [3.63, 3.8) is 0 Å². The van der Waals surface area contributed by atoms with E-state index in [1.165, 1.54) is 27.6 Å². The van der Waals surface area contributed by atoms with Crippen LogP contribution in [0.5, 0.6) is 11.5 Å². The van der Waals surface area contributed by atoms with Gasteiger partial charge >= 0.3 is 0 Å². The van der Waals surface area contributed by atoms with E-state index in [-0.39, 0.29) is 0 Å². The maximum Gasteiger partial charge on any atom is 0.128 e. The highest BCUT2D eigenvalue weighted by molar-refractivity contribution is 6.14. The molecule has 136 valence electrons. The first kappa shape index (κ1) is 16.1. The Morgan fingerprint density at radius 1 is 0.517 bits per heavy atom. The second-order valence-corrected chi connectivity index (χ2v) is 7.24. The van der Waals surface area contributed by atoms with Gasteiger partial charge in [-0.25, -0.2) is 4.98 Å². The molecule has 0 bridgehead atoms. The first-order chi connectivity index (χ1) is 14.4. The van der Waals surface area contributed by atoms with E-state index in [0.29, 0.717) is 0 Å². The van der Waals surface area contributed by atoms with Crippen LogP contribution in [0.4, 0.5) is 0 Å². The molecule has 1 heterocycles. The summed E-state index contributed by atoms with van der Waals surface area (Å²) in [6.07, 6.45) is 0. The molecule has 0 N–H and O–H groups in total. The number of nitrogens with zero attached hydrogens (tertiary/aromatic N) is 1. The molecule has 29 heavy (non-hydrogen) atoms. The summed E-state index contributed by atoms with van der Waals surface area (Å²) in [5.41, 5.74) is 8.12. The third kappa shape index (κ3) is 2.61. The molecular formula is C27H17NO. The van der Waals surface area contributed by atoms with Crippen LogP contribution in [0, 0.1) is 0 Å². The number of hydrogen-bond acceptors (Lipinski definition) is 2. The zero-order valence-electron chi connectivity index (χ0n) is 15.7. The van der Waals surface area contributed by atoms with E-state index < -0.39 is 0 Å². The van der Waals surface area contributed by atoms with Crippen molar-refractivity contribution >= 4 is 10.9 Å². The lowest BCUT2D eigenvalue weighted by Gasteiger charge is -2.10. The Morgan fingerprint density at radius 3 is 2.07 bits per heavy atom. The van der Waals surface area contributed by atoms with Gasteiger partial charge in [0.2, 0.25) is 0 Å². The highest BCUT2D eigenvalue weighted by Gasteiger charge is 2.22. The molecule has 0 amide bonds. The molecule has 2 nitrogen and oxygen atoms in total. The van der Waals surface area contributed by atoms with Gasteiger partial charge in [0.1, 0.15) is 11.5 Å². The van der Waals surface area contributed by atoms with E-state index in [0.717, 1.165) is 28.3 Å². The van der Waals surface area contributed by atoms with Crippen molar-refractivity contribution in [2.24, 2.45) is 0 Å². The van der Waals surface area contributed by atoms with Gasteiger partial charge in [-0.1, -0.05) is 66.7 Å². The molecule has 0 saturated carbocycles. The van der Waals surface area contributed by atoms with Crippen LogP contribution in [0.2, 0.25) is 0 Å². The lowest BCUT2D eigenvalue weighted by molar-refractivity contribution is 0.483. The molecule has 0 saturated heterocycles. The average molecular weight is 371 g/mol. The smallest absolute Gasteiger partial charge is 0.128 e. The van der Waals surface area contributed by atoms with Gasteiger partial charge in [-0.3, -0.25) is 0 Å². The fourth-order valence-electron chi connectivity index (χ4n) is 4.17. The molecular weight excluding hydrogens is 354 g/mol. The summed E-state index contributed by atoms with van der Waals surface area (Å²) in [5.74, 6) is 1.63. The summed E-state index contributed by atoms with van der Waals surface area (Å²) in [7, 11) is 0. The average Bonchev–Trinajstić information content (AvgIpc) is 3.10. The van der Waals surface area contributed by atoms with Gasteiger partial charge in [-0.15, -0.1) is 0 Å². The number of aromatic nitrogens is 1. The summed E-state index contributed by atoms with van der Waals surface area (Å²) in [5, 5.41) is 1.24. The zero-order chi connectivity index (χ0) is 19.2. The van der Waals surface area contributed by atoms with Crippen molar-refractivity contribution in [2.75, 3.05) is 0 Å². The second kappa shape index (κ2) is 6.32. The Balaban J connectivity index is 1.49. The minimum atomic E-state index is 0.807. The predicted octanol–water partition coefficient (Wildman–Crippen LogP) is 7.34. The lowest BCUT2D eigenvalue weighted by atomic mass is 10.0. The highest BCUT2D eigenvalue weighted by atomic mass is 16.5. The van der Waals surface area contributed by atoms with Crippen LogP contribution in [0.3, 0.4) is 0 Å². The molecule has 0 radical (unpaired) electrons. The van der Waals surface area contributed by atoms with Gasteiger partial charge < -0.3 is 4.74 Å². The standard InChI is InChI=1S/C27H17NO/c1-2-9-19(10-3-1)29-20-11-6-8-18(16-20)26-17-24-22-13-5-4-12-21(22)23-14-7-15-25(28-26)27(23)24/h1-17H. The van der Waals surface area contributed by atoms with Crippen LogP contribution >= 0.6 is 0 Å². The molecule has 6 rings (SSSR count). The Labute approximate surface area is 169 Å². The van der Waals surface area contributed by atoms with Crippen LogP contribution in [0.1, 0.15) is 0 Å². The second-order valence-electron chi connectivity index (χ2n) is 7.24. The van der Waals surface area contributed by atoms with E-state index in [1.807, 2.05) is 42.5 Å². The van der Waals surface area contributed by atoms with E-state index in [9.17, 15) is 0 Å². The van der Waals surface area contributed by atoms with Gasteiger partial charge in [0.25, 0.3) is 0 Å². The zero-order valence-corrected chi connectivity index (χ0v) is 15.7. The molecule has 0 atom stereocenters. The fourth-order valence-corrected chi connectivity index (χ4v) is 4.17. The first-order valence-corrected chi connectivity index (χ1v) is 9.74. The Hall–Kier alpha value is -3.91. The number of para-hydroxylation sites is 1. The molecule has 0 unspecified atom stereocenters. The number of pyridine rings is 1. The van der Waals surface area contributed by atoms with Crippen LogP contribution in [-0.2, 0) is 0 Å². The molecule has 5 aromatic rings. The molecule has 4 aromatic carbocycles. The van der Waals surface area contributed by atoms with Crippen molar-refractivity contribution in [1.82, 2.24) is 4.98 Å². The highest BCUT2D eigenvalue weighted by Crippen LogP contribution is 2.47. The lowest BCUT2D eigenvalue weighted by Crippen LogP contribution is -1.89. The van der Waals surface area contributed by atoms with E-state index >= 15 is 0 Å². The number of fused-ring (bicyclic) bond motifs is 3. The Kier molecular flexibility index (Phi) is 3.50. The largest absolute Gasteiger partial charge is 0.457 e. The Bertz CT molecular complexity index is 1370. The van der Waals surface area contributed by atoms with Gasteiger partial charge in [0.05, 0.1) is 11.2 Å². The maximum absolute atomic E-state index is 6.02. The normalized spacial score (nSPS) is 11.4. The number of ether oxygens (including phenoxy) is 1. The van der Waals surface area contributed by atoms with Gasteiger partial charge in [0.15, 0.2) is 0 Å². The summed E-state index contributed by atoms with van der Waals surface area (Å²) >= 11 is 0. The third-order valence-corrected chi connectivity index (χ3v) is 5.45. The molecule has 1 aliphatic rings. The van der Waals surface area contributed by atoms with Crippen molar-refractivity contribution in [2.45, 2.75) is 0 Å². The molecule has 0 fully saturated rings.